The number of hydrogen-bond donors (Lipinski definition) is 1. The van der Waals surface area contributed by atoms with E-state index in [0.29, 0.717) is 28.6 Å². The monoisotopic (exact) mass is 409 g/mol. The molecule has 5 nitrogen and oxygen atoms in total. The van der Waals surface area contributed by atoms with Crippen molar-refractivity contribution in [2.24, 2.45) is 0 Å². The number of ether oxygens (including phenoxy) is 2. The molecule has 2 rings (SSSR count). The number of halogens is 2. The lowest BCUT2D eigenvalue weighted by molar-refractivity contribution is -0.154. The summed E-state index contributed by atoms with van der Waals surface area (Å²) < 4.78 is 10.3. The number of methoxy groups -OCH3 is 1. The average molecular weight is 410 g/mol. The first-order valence-corrected chi connectivity index (χ1v) is 9.18. The van der Waals surface area contributed by atoms with Crippen molar-refractivity contribution < 1.29 is 19.1 Å². The third-order valence-corrected chi connectivity index (χ3v) is 4.62. The Hall–Kier alpha value is -2.24. The van der Waals surface area contributed by atoms with E-state index in [1.54, 1.807) is 25.3 Å². The quantitative estimate of drug-likeness (QED) is 0.672. The normalized spacial score (nSPS) is 11.6. The van der Waals surface area contributed by atoms with Crippen LogP contribution in [0.25, 0.3) is 0 Å². The second-order valence-corrected chi connectivity index (χ2v) is 6.76. The maximum absolute atomic E-state index is 12.1. The molecule has 0 saturated carbocycles. The van der Waals surface area contributed by atoms with Crippen LogP contribution in [-0.4, -0.2) is 31.6 Å². The van der Waals surface area contributed by atoms with Crippen LogP contribution in [0, 0.1) is 0 Å². The van der Waals surface area contributed by atoms with Crippen molar-refractivity contribution in [3.8, 4) is 5.75 Å². The smallest absolute Gasteiger partial charge is 0.311 e. The van der Waals surface area contributed by atoms with Crippen molar-refractivity contribution in [1.29, 1.82) is 0 Å². The third kappa shape index (κ3) is 6.77. The van der Waals surface area contributed by atoms with Crippen molar-refractivity contribution in [1.82, 2.24) is 5.32 Å². The van der Waals surface area contributed by atoms with E-state index in [2.05, 4.69) is 5.32 Å². The first-order valence-electron chi connectivity index (χ1n) is 8.43. The summed E-state index contributed by atoms with van der Waals surface area (Å²) in [5, 5.41) is 3.54. The number of benzene rings is 2. The summed E-state index contributed by atoms with van der Waals surface area (Å²) in [4.78, 5) is 24.1. The van der Waals surface area contributed by atoms with Crippen LogP contribution in [-0.2, 0) is 27.2 Å². The highest BCUT2D eigenvalue weighted by molar-refractivity contribution is 6.42. The Kier molecular flexibility index (Phi) is 7.95. The second-order valence-electron chi connectivity index (χ2n) is 5.95. The molecule has 0 aliphatic rings. The molecule has 7 heteroatoms. The molecular weight excluding hydrogens is 389 g/mol. The summed E-state index contributed by atoms with van der Waals surface area (Å²) in [6.07, 6.45) is -0.198. The number of carbonyl (C=O) groups is 2. The molecule has 1 amide bonds. The van der Waals surface area contributed by atoms with Gasteiger partial charge >= 0.3 is 5.97 Å². The SMILES string of the molecule is COc1ccc(CCNC(=O)C(C)OC(=O)Cc2ccc(Cl)c(Cl)c2)cc1. The summed E-state index contributed by atoms with van der Waals surface area (Å²) >= 11 is 11.8. The van der Waals surface area contributed by atoms with Crippen LogP contribution >= 0.6 is 23.2 Å². The zero-order chi connectivity index (χ0) is 19.8. The van der Waals surface area contributed by atoms with E-state index in [0.717, 1.165) is 11.3 Å². The van der Waals surface area contributed by atoms with E-state index in [9.17, 15) is 9.59 Å². The Morgan fingerprint density at radius 3 is 2.33 bits per heavy atom. The first-order chi connectivity index (χ1) is 12.9. The maximum Gasteiger partial charge on any atom is 0.311 e. The lowest BCUT2D eigenvalue weighted by Gasteiger charge is -2.14. The van der Waals surface area contributed by atoms with Gasteiger partial charge in [0.1, 0.15) is 5.75 Å². The zero-order valence-electron chi connectivity index (χ0n) is 15.1. The largest absolute Gasteiger partial charge is 0.497 e. The number of nitrogens with one attached hydrogen (secondary N) is 1. The highest BCUT2D eigenvalue weighted by atomic mass is 35.5. The van der Waals surface area contributed by atoms with E-state index in [-0.39, 0.29) is 12.3 Å². The van der Waals surface area contributed by atoms with Crippen molar-refractivity contribution >= 4 is 35.1 Å². The zero-order valence-corrected chi connectivity index (χ0v) is 16.6. The van der Waals surface area contributed by atoms with E-state index in [1.165, 1.54) is 6.92 Å². The van der Waals surface area contributed by atoms with Crippen LogP contribution in [0.3, 0.4) is 0 Å². The lowest BCUT2D eigenvalue weighted by Crippen LogP contribution is -2.37. The topological polar surface area (TPSA) is 64.6 Å². The molecule has 0 aromatic heterocycles. The number of rotatable bonds is 8. The minimum absolute atomic E-state index is 0.0142. The molecule has 0 saturated heterocycles. The van der Waals surface area contributed by atoms with Crippen LogP contribution in [0.4, 0.5) is 0 Å². The Morgan fingerprint density at radius 1 is 1.04 bits per heavy atom. The van der Waals surface area contributed by atoms with E-state index >= 15 is 0 Å². The molecule has 2 aromatic rings. The van der Waals surface area contributed by atoms with Gasteiger partial charge in [0.2, 0.25) is 0 Å². The standard InChI is InChI=1S/C20H21Cl2NO4/c1-13(27-19(24)12-15-5-8-17(21)18(22)11-15)20(25)23-10-9-14-3-6-16(26-2)7-4-14/h3-8,11,13H,9-10,12H2,1-2H3,(H,23,25). The van der Waals surface area contributed by atoms with E-state index in [4.69, 9.17) is 32.7 Å². The average Bonchev–Trinajstić information content (AvgIpc) is 2.65. The van der Waals surface area contributed by atoms with Gasteiger partial charge in [0, 0.05) is 6.54 Å². The van der Waals surface area contributed by atoms with E-state index in [1.807, 2.05) is 24.3 Å². The molecule has 1 unspecified atom stereocenters. The van der Waals surface area contributed by atoms with Gasteiger partial charge in [0.15, 0.2) is 6.10 Å². The minimum Gasteiger partial charge on any atom is -0.497 e. The molecule has 1 atom stereocenters. The molecule has 0 aliphatic heterocycles. The van der Waals surface area contributed by atoms with Crippen molar-refractivity contribution in [3.63, 3.8) is 0 Å². The second kappa shape index (κ2) is 10.2. The molecule has 0 aliphatic carbocycles. The van der Waals surface area contributed by atoms with E-state index < -0.39 is 12.1 Å². The van der Waals surface area contributed by atoms with Crippen molar-refractivity contribution in [3.05, 3.63) is 63.6 Å². The van der Waals surface area contributed by atoms with Gasteiger partial charge in [-0.15, -0.1) is 0 Å². The van der Waals surface area contributed by atoms with Crippen LogP contribution in [0.15, 0.2) is 42.5 Å². The van der Waals surface area contributed by atoms with Gasteiger partial charge in [-0.25, -0.2) is 0 Å². The fraction of sp³-hybridized carbons (Fsp3) is 0.300. The predicted octanol–water partition coefficient (Wildman–Crippen LogP) is 3.84. The number of amides is 1. The Morgan fingerprint density at radius 2 is 1.70 bits per heavy atom. The van der Waals surface area contributed by atoms with Gasteiger partial charge in [-0.1, -0.05) is 41.4 Å². The van der Waals surface area contributed by atoms with Crippen LogP contribution in [0.2, 0.25) is 10.0 Å². The summed E-state index contributed by atoms with van der Waals surface area (Å²) in [7, 11) is 1.61. The van der Waals surface area contributed by atoms with Crippen LogP contribution < -0.4 is 10.1 Å². The Balaban J connectivity index is 1.75. The maximum atomic E-state index is 12.1. The molecule has 0 radical (unpaired) electrons. The summed E-state index contributed by atoms with van der Waals surface area (Å²) in [6.45, 7) is 1.98. The summed E-state index contributed by atoms with van der Waals surface area (Å²) in [5.41, 5.74) is 1.74. The number of carbonyl (C=O) groups excluding carboxylic acids is 2. The molecule has 0 spiro atoms. The molecule has 0 fully saturated rings. The number of esters is 1. The summed E-state index contributed by atoms with van der Waals surface area (Å²) in [6, 6.07) is 12.5. The molecular formula is C20H21Cl2NO4. The fourth-order valence-corrected chi connectivity index (χ4v) is 2.70. The number of hydrogen-bond acceptors (Lipinski definition) is 4. The molecule has 27 heavy (non-hydrogen) atoms. The fourth-order valence-electron chi connectivity index (χ4n) is 2.37. The van der Waals surface area contributed by atoms with Crippen LogP contribution in [0.1, 0.15) is 18.1 Å². The third-order valence-electron chi connectivity index (χ3n) is 3.88. The highest BCUT2D eigenvalue weighted by Crippen LogP contribution is 2.23. The van der Waals surface area contributed by atoms with Crippen molar-refractivity contribution in [2.75, 3.05) is 13.7 Å². The minimum atomic E-state index is -0.879. The summed E-state index contributed by atoms with van der Waals surface area (Å²) in [5.74, 6) is -0.0671. The van der Waals surface area contributed by atoms with Crippen LogP contribution in [0.5, 0.6) is 5.75 Å². The lowest BCUT2D eigenvalue weighted by atomic mass is 10.1. The Labute approximate surface area is 168 Å². The van der Waals surface area contributed by atoms with Gasteiger partial charge in [-0.3, -0.25) is 9.59 Å². The molecule has 144 valence electrons. The van der Waals surface area contributed by atoms with Gasteiger partial charge < -0.3 is 14.8 Å². The van der Waals surface area contributed by atoms with Gasteiger partial charge in [0.25, 0.3) is 5.91 Å². The van der Waals surface area contributed by atoms with Gasteiger partial charge in [-0.2, -0.15) is 0 Å². The molecule has 1 N–H and O–H groups in total. The first kappa shape index (κ1) is 21.1. The van der Waals surface area contributed by atoms with Gasteiger partial charge in [-0.05, 0) is 48.7 Å². The molecule has 0 heterocycles. The molecule has 2 aromatic carbocycles. The van der Waals surface area contributed by atoms with Gasteiger partial charge in [0.05, 0.1) is 23.6 Å². The predicted molar refractivity (Wildman–Crippen MR) is 105 cm³/mol. The molecule has 0 bridgehead atoms. The highest BCUT2D eigenvalue weighted by Gasteiger charge is 2.17. The van der Waals surface area contributed by atoms with Crippen molar-refractivity contribution in [2.45, 2.75) is 25.9 Å². The Bertz CT molecular complexity index is 793.